The number of halogens is 1. The second kappa shape index (κ2) is 8.93. The molecule has 1 unspecified atom stereocenters. The summed E-state index contributed by atoms with van der Waals surface area (Å²) in [6, 6.07) is 4.71. The lowest BCUT2D eigenvalue weighted by Crippen LogP contribution is -2.20. The first kappa shape index (κ1) is 16.9. The molecule has 0 saturated heterocycles. The molecule has 0 aromatic heterocycles. The molecule has 4 heteroatoms. The van der Waals surface area contributed by atoms with Crippen LogP contribution >= 0.6 is 0 Å². The molecule has 1 N–H and O–H groups in total. The van der Waals surface area contributed by atoms with Gasteiger partial charge in [0.15, 0.2) is 0 Å². The molecule has 3 nitrogen and oxygen atoms in total. The average molecular weight is 283 g/mol. The van der Waals surface area contributed by atoms with Crippen molar-refractivity contribution in [3.05, 3.63) is 29.6 Å². The van der Waals surface area contributed by atoms with E-state index in [0.717, 1.165) is 24.3 Å². The molecule has 1 aromatic rings. The van der Waals surface area contributed by atoms with Crippen LogP contribution in [0.4, 0.5) is 4.39 Å². The number of rotatable bonds is 9. The van der Waals surface area contributed by atoms with Crippen LogP contribution in [0.25, 0.3) is 0 Å². The topological polar surface area (TPSA) is 30.5 Å². The van der Waals surface area contributed by atoms with E-state index in [-0.39, 0.29) is 18.0 Å². The van der Waals surface area contributed by atoms with Crippen molar-refractivity contribution in [2.45, 2.75) is 46.3 Å². The van der Waals surface area contributed by atoms with Gasteiger partial charge in [-0.25, -0.2) is 4.39 Å². The third kappa shape index (κ3) is 5.88. The Hall–Kier alpha value is -1.13. The van der Waals surface area contributed by atoms with E-state index in [0.29, 0.717) is 13.2 Å². The monoisotopic (exact) mass is 283 g/mol. The standard InChI is InChI=1S/C16H26FNO2/c1-5-8-18-13(4)15-11-14(17)6-7-16(15)20-10-9-19-12(2)3/h6-7,11-13,18H,5,8-10H2,1-4H3. The minimum absolute atomic E-state index is 0.0617. The molecule has 1 atom stereocenters. The fourth-order valence-corrected chi connectivity index (χ4v) is 1.90. The number of nitrogens with one attached hydrogen (secondary N) is 1. The Balaban J connectivity index is 2.64. The molecule has 0 bridgehead atoms. The molecule has 114 valence electrons. The summed E-state index contributed by atoms with van der Waals surface area (Å²) in [5.74, 6) is 0.478. The highest BCUT2D eigenvalue weighted by Gasteiger charge is 2.12. The molecule has 0 heterocycles. The van der Waals surface area contributed by atoms with E-state index in [4.69, 9.17) is 9.47 Å². The van der Waals surface area contributed by atoms with Crippen LogP contribution in [0.2, 0.25) is 0 Å². The summed E-state index contributed by atoms with van der Waals surface area (Å²) in [5.41, 5.74) is 0.850. The second-order valence-electron chi connectivity index (χ2n) is 5.13. The van der Waals surface area contributed by atoms with Crippen molar-refractivity contribution in [3.8, 4) is 5.75 Å². The first-order valence-corrected chi connectivity index (χ1v) is 7.31. The van der Waals surface area contributed by atoms with Crippen LogP contribution in [0.5, 0.6) is 5.75 Å². The fraction of sp³-hybridized carbons (Fsp3) is 0.625. The first-order valence-electron chi connectivity index (χ1n) is 7.31. The van der Waals surface area contributed by atoms with E-state index < -0.39 is 0 Å². The summed E-state index contributed by atoms with van der Waals surface area (Å²) in [6.07, 6.45) is 1.23. The van der Waals surface area contributed by atoms with Crippen molar-refractivity contribution in [3.63, 3.8) is 0 Å². The number of benzene rings is 1. The van der Waals surface area contributed by atoms with Crippen molar-refractivity contribution >= 4 is 0 Å². The highest BCUT2D eigenvalue weighted by molar-refractivity contribution is 5.36. The molecular formula is C16H26FNO2. The van der Waals surface area contributed by atoms with Gasteiger partial charge in [-0.1, -0.05) is 6.92 Å². The summed E-state index contributed by atoms with van der Waals surface area (Å²) >= 11 is 0. The van der Waals surface area contributed by atoms with E-state index in [1.54, 1.807) is 6.07 Å². The van der Waals surface area contributed by atoms with E-state index >= 15 is 0 Å². The fourth-order valence-electron chi connectivity index (χ4n) is 1.90. The largest absolute Gasteiger partial charge is 0.491 e. The maximum Gasteiger partial charge on any atom is 0.124 e. The third-order valence-corrected chi connectivity index (χ3v) is 2.93. The Morgan fingerprint density at radius 1 is 1.20 bits per heavy atom. The summed E-state index contributed by atoms with van der Waals surface area (Å²) in [5, 5.41) is 3.35. The van der Waals surface area contributed by atoms with Crippen LogP contribution in [-0.2, 0) is 4.74 Å². The van der Waals surface area contributed by atoms with Gasteiger partial charge in [-0.05, 0) is 51.9 Å². The maximum atomic E-state index is 13.4. The first-order chi connectivity index (χ1) is 9.54. The molecule has 1 aromatic carbocycles. The molecule has 0 saturated carbocycles. The van der Waals surface area contributed by atoms with Gasteiger partial charge in [-0.15, -0.1) is 0 Å². The zero-order chi connectivity index (χ0) is 15.0. The molecule has 0 radical (unpaired) electrons. The summed E-state index contributed by atoms with van der Waals surface area (Å²) in [6.45, 7) is 9.99. The van der Waals surface area contributed by atoms with E-state index in [2.05, 4.69) is 12.2 Å². The van der Waals surface area contributed by atoms with Crippen LogP contribution in [0, 0.1) is 5.82 Å². The maximum absolute atomic E-state index is 13.4. The van der Waals surface area contributed by atoms with Crippen molar-refractivity contribution in [2.24, 2.45) is 0 Å². The van der Waals surface area contributed by atoms with E-state index in [1.165, 1.54) is 12.1 Å². The molecule has 0 fully saturated rings. The Labute approximate surface area is 121 Å². The SMILES string of the molecule is CCCNC(C)c1cc(F)ccc1OCCOC(C)C. The Bertz CT molecular complexity index is 396. The molecule has 0 spiro atoms. The quantitative estimate of drug-likeness (QED) is 0.701. The van der Waals surface area contributed by atoms with Gasteiger partial charge in [-0.2, -0.15) is 0 Å². The smallest absolute Gasteiger partial charge is 0.124 e. The Kier molecular flexibility index (Phi) is 7.55. The van der Waals surface area contributed by atoms with Gasteiger partial charge in [0.2, 0.25) is 0 Å². The summed E-state index contributed by atoms with van der Waals surface area (Å²) < 4.78 is 24.6. The third-order valence-electron chi connectivity index (χ3n) is 2.93. The van der Waals surface area contributed by atoms with Crippen LogP contribution < -0.4 is 10.1 Å². The number of hydrogen-bond acceptors (Lipinski definition) is 3. The zero-order valence-corrected chi connectivity index (χ0v) is 12.9. The van der Waals surface area contributed by atoms with Gasteiger partial charge >= 0.3 is 0 Å². The predicted octanol–water partition coefficient (Wildman–Crippen LogP) is 3.69. The summed E-state index contributed by atoms with van der Waals surface area (Å²) in [4.78, 5) is 0. The van der Waals surface area contributed by atoms with Gasteiger partial charge in [0.25, 0.3) is 0 Å². The second-order valence-corrected chi connectivity index (χ2v) is 5.13. The van der Waals surface area contributed by atoms with Gasteiger partial charge in [0.05, 0.1) is 12.7 Å². The van der Waals surface area contributed by atoms with Crippen molar-refractivity contribution < 1.29 is 13.9 Å². The van der Waals surface area contributed by atoms with E-state index in [1.807, 2.05) is 20.8 Å². The van der Waals surface area contributed by atoms with Gasteiger partial charge in [0.1, 0.15) is 18.2 Å². The van der Waals surface area contributed by atoms with Crippen molar-refractivity contribution in [2.75, 3.05) is 19.8 Å². The molecule has 0 aliphatic heterocycles. The lowest BCUT2D eigenvalue weighted by molar-refractivity contribution is 0.0549. The van der Waals surface area contributed by atoms with Crippen molar-refractivity contribution in [1.82, 2.24) is 5.32 Å². The molecule has 0 aliphatic rings. The predicted molar refractivity (Wildman–Crippen MR) is 79.7 cm³/mol. The minimum atomic E-state index is -0.240. The van der Waals surface area contributed by atoms with Gasteiger partial charge < -0.3 is 14.8 Å². The molecular weight excluding hydrogens is 257 g/mol. The van der Waals surface area contributed by atoms with Crippen LogP contribution in [0.15, 0.2) is 18.2 Å². The normalized spacial score (nSPS) is 12.7. The molecule has 1 rings (SSSR count). The van der Waals surface area contributed by atoms with Gasteiger partial charge in [0, 0.05) is 11.6 Å². The lowest BCUT2D eigenvalue weighted by atomic mass is 10.1. The molecule has 0 aliphatic carbocycles. The van der Waals surface area contributed by atoms with E-state index in [9.17, 15) is 4.39 Å². The highest BCUT2D eigenvalue weighted by Crippen LogP contribution is 2.26. The van der Waals surface area contributed by atoms with Crippen LogP contribution in [0.3, 0.4) is 0 Å². The zero-order valence-electron chi connectivity index (χ0n) is 12.9. The highest BCUT2D eigenvalue weighted by atomic mass is 19.1. The average Bonchev–Trinajstić information content (AvgIpc) is 2.41. The number of hydrogen-bond donors (Lipinski definition) is 1. The lowest BCUT2D eigenvalue weighted by Gasteiger charge is -2.18. The van der Waals surface area contributed by atoms with Gasteiger partial charge in [-0.3, -0.25) is 0 Å². The van der Waals surface area contributed by atoms with Crippen LogP contribution in [-0.4, -0.2) is 25.9 Å². The Morgan fingerprint density at radius 2 is 1.95 bits per heavy atom. The Morgan fingerprint density at radius 3 is 2.60 bits per heavy atom. The molecule has 0 amide bonds. The minimum Gasteiger partial charge on any atom is -0.491 e. The summed E-state index contributed by atoms with van der Waals surface area (Å²) in [7, 11) is 0. The van der Waals surface area contributed by atoms with Crippen LogP contribution in [0.1, 0.15) is 45.7 Å². The van der Waals surface area contributed by atoms with Crippen molar-refractivity contribution in [1.29, 1.82) is 0 Å². The molecule has 20 heavy (non-hydrogen) atoms. The number of ether oxygens (including phenoxy) is 2.